The number of hydrogen-bond acceptors (Lipinski definition) is 5. The third kappa shape index (κ3) is 5.76. The van der Waals surface area contributed by atoms with Gasteiger partial charge in [0.25, 0.3) is 0 Å². The summed E-state index contributed by atoms with van der Waals surface area (Å²) in [6.07, 6.45) is 6.28. The number of amides is 1. The summed E-state index contributed by atoms with van der Waals surface area (Å²) in [5.41, 5.74) is 1.40. The van der Waals surface area contributed by atoms with E-state index in [0.29, 0.717) is 23.7 Å². The zero-order valence-corrected chi connectivity index (χ0v) is 17.1. The molecule has 29 heavy (non-hydrogen) atoms. The first-order valence-electron chi connectivity index (χ1n) is 10.0. The summed E-state index contributed by atoms with van der Waals surface area (Å²) in [4.78, 5) is 23.9. The second kappa shape index (κ2) is 10.5. The summed E-state index contributed by atoms with van der Waals surface area (Å²) in [6.45, 7) is 4.49. The molecule has 0 radical (unpaired) electrons. The summed E-state index contributed by atoms with van der Waals surface area (Å²) < 4.78 is 0. The van der Waals surface area contributed by atoms with Crippen LogP contribution in [-0.4, -0.2) is 36.2 Å². The van der Waals surface area contributed by atoms with Crippen molar-refractivity contribution in [3.05, 3.63) is 47.2 Å². The molecule has 0 aliphatic heterocycles. The van der Waals surface area contributed by atoms with Crippen molar-refractivity contribution in [3.8, 4) is 12.1 Å². The van der Waals surface area contributed by atoms with Gasteiger partial charge in [-0.1, -0.05) is 18.2 Å². The zero-order valence-electron chi connectivity index (χ0n) is 17.1. The lowest BCUT2D eigenvalue weighted by Crippen LogP contribution is -2.40. The van der Waals surface area contributed by atoms with E-state index in [2.05, 4.69) is 17.5 Å². The van der Waals surface area contributed by atoms with Gasteiger partial charge in [-0.15, -0.1) is 0 Å². The summed E-state index contributed by atoms with van der Waals surface area (Å²) in [6, 6.07) is 12.4. The number of carbonyl (C=O) groups is 2. The molecule has 1 saturated carbocycles. The Labute approximate surface area is 172 Å². The number of carbonyl (C=O) groups excluding carboxylic acids is 2. The molecule has 0 unspecified atom stereocenters. The molecule has 0 bridgehead atoms. The molecule has 0 spiro atoms. The Bertz CT molecular complexity index is 839. The minimum Gasteiger partial charge on any atom is -0.321 e. The van der Waals surface area contributed by atoms with Gasteiger partial charge in [0, 0.05) is 24.4 Å². The average molecular weight is 393 g/mol. The number of nitrogens with zero attached hydrogens (tertiary/aromatic N) is 3. The van der Waals surface area contributed by atoms with Crippen LogP contribution in [0.5, 0.6) is 0 Å². The van der Waals surface area contributed by atoms with E-state index < -0.39 is 5.41 Å². The van der Waals surface area contributed by atoms with Crippen molar-refractivity contribution in [2.75, 3.05) is 13.1 Å². The number of hydrogen-bond donors (Lipinski definition) is 1. The van der Waals surface area contributed by atoms with Crippen LogP contribution < -0.4 is 5.32 Å². The van der Waals surface area contributed by atoms with Gasteiger partial charge in [0.15, 0.2) is 5.78 Å². The number of rotatable bonds is 9. The summed E-state index contributed by atoms with van der Waals surface area (Å²) in [7, 11) is 0. The molecule has 0 atom stereocenters. The Morgan fingerprint density at radius 3 is 2.55 bits per heavy atom. The molecule has 1 aromatic carbocycles. The summed E-state index contributed by atoms with van der Waals surface area (Å²) in [5, 5.41) is 22.8. The third-order valence-corrected chi connectivity index (χ3v) is 5.69. The third-order valence-electron chi connectivity index (χ3n) is 5.69. The minimum absolute atomic E-state index is 0.0453. The topological polar surface area (TPSA) is 97.0 Å². The molecule has 152 valence electrons. The van der Waals surface area contributed by atoms with Crippen molar-refractivity contribution in [2.24, 2.45) is 0 Å². The monoisotopic (exact) mass is 392 g/mol. The predicted molar refractivity (Wildman–Crippen MR) is 111 cm³/mol. The Morgan fingerprint density at radius 1 is 1.28 bits per heavy atom. The van der Waals surface area contributed by atoms with Gasteiger partial charge in [0.1, 0.15) is 0 Å². The molecule has 0 aromatic heterocycles. The van der Waals surface area contributed by atoms with E-state index in [9.17, 15) is 20.1 Å². The van der Waals surface area contributed by atoms with Crippen LogP contribution in [0.2, 0.25) is 0 Å². The highest BCUT2D eigenvalue weighted by Crippen LogP contribution is 2.40. The van der Waals surface area contributed by atoms with E-state index in [1.54, 1.807) is 19.2 Å². The number of nitriles is 2. The van der Waals surface area contributed by atoms with Crippen LogP contribution in [-0.2, 0) is 15.0 Å². The van der Waals surface area contributed by atoms with Gasteiger partial charge in [0.05, 0.1) is 23.1 Å². The molecule has 1 aliphatic carbocycles. The normalized spacial score (nSPS) is 21.7. The van der Waals surface area contributed by atoms with Crippen molar-refractivity contribution in [1.29, 1.82) is 10.5 Å². The maximum Gasteiger partial charge on any atom is 0.213 e. The van der Waals surface area contributed by atoms with Gasteiger partial charge in [0.2, 0.25) is 6.41 Å². The van der Waals surface area contributed by atoms with E-state index in [1.807, 2.05) is 18.2 Å². The van der Waals surface area contributed by atoms with Gasteiger partial charge in [-0.05, 0) is 64.1 Å². The number of benzene rings is 1. The van der Waals surface area contributed by atoms with Gasteiger partial charge in [-0.25, -0.2) is 0 Å². The first-order valence-corrected chi connectivity index (χ1v) is 10.0. The quantitative estimate of drug-likeness (QED) is 0.395. The highest BCUT2D eigenvalue weighted by atomic mass is 16.1. The van der Waals surface area contributed by atoms with Crippen LogP contribution >= 0.6 is 0 Å². The lowest BCUT2D eigenvalue weighted by Gasteiger charge is -2.36. The molecule has 1 N–H and O–H groups in total. The zero-order chi connectivity index (χ0) is 21.3. The smallest absolute Gasteiger partial charge is 0.213 e. The summed E-state index contributed by atoms with van der Waals surface area (Å²) in [5.74, 6) is -0.0453. The van der Waals surface area contributed by atoms with Gasteiger partial charge in [-0.2, -0.15) is 10.5 Å². The van der Waals surface area contributed by atoms with Gasteiger partial charge in [-0.3, -0.25) is 9.59 Å². The Hall–Kier alpha value is -2.96. The SMILES string of the molecule is CC(=O)/C(C)=C\N(C=O)CCCNC1CCC(C#N)(c2ccccc2C#N)CC1. The van der Waals surface area contributed by atoms with E-state index in [0.717, 1.165) is 50.6 Å². The highest BCUT2D eigenvalue weighted by molar-refractivity contribution is 5.92. The lowest BCUT2D eigenvalue weighted by molar-refractivity contribution is -0.116. The van der Waals surface area contributed by atoms with E-state index >= 15 is 0 Å². The fourth-order valence-electron chi connectivity index (χ4n) is 3.81. The van der Waals surface area contributed by atoms with Gasteiger partial charge >= 0.3 is 0 Å². The molecular weight excluding hydrogens is 364 g/mol. The van der Waals surface area contributed by atoms with Gasteiger partial charge < -0.3 is 10.2 Å². The first kappa shape index (κ1) is 22.3. The lowest BCUT2D eigenvalue weighted by atomic mass is 9.68. The molecule has 1 fully saturated rings. The standard InChI is InChI=1S/C23H28N4O2/c1-18(19(2)29)15-27(17-28)13-5-12-26-21-8-10-23(16-25,11-9-21)22-7-4-3-6-20(22)14-24/h3-4,6-7,15,17,21,26H,5,8-13H2,1-2H3/b18-15-. The van der Waals surface area contributed by atoms with Crippen molar-refractivity contribution >= 4 is 12.2 Å². The molecule has 6 heteroatoms. The van der Waals surface area contributed by atoms with Crippen LogP contribution in [0.15, 0.2) is 36.0 Å². The average Bonchev–Trinajstić information content (AvgIpc) is 2.76. The number of Topliss-reactive ketones (excluding diaryl/α,β-unsaturated/α-hetero) is 1. The highest BCUT2D eigenvalue weighted by Gasteiger charge is 2.38. The van der Waals surface area contributed by atoms with Crippen LogP contribution in [0, 0.1) is 22.7 Å². The summed E-state index contributed by atoms with van der Waals surface area (Å²) >= 11 is 0. The van der Waals surface area contributed by atoms with Crippen LogP contribution in [0.4, 0.5) is 0 Å². The fourth-order valence-corrected chi connectivity index (χ4v) is 3.81. The van der Waals surface area contributed by atoms with Crippen molar-refractivity contribution in [2.45, 2.75) is 57.4 Å². The molecule has 2 rings (SSSR count). The molecule has 1 amide bonds. The molecule has 1 aliphatic rings. The number of nitrogens with one attached hydrogen (secondary N) is 1. The minimum atomic E-state index is -0.589. The number of ketones is 1. The van der Waals surface area contributed by atoms with Crippen molar-refractivity contribution < 1.29 is 9.59 Å². The largest absolute Gasteiger partial charge is 0.321 e. The van der Waals surface area contributed by atoms with E-state index in [4.69, 9.17) is 0 Å². The maximum absolute atomic E-state index is 11.3. The maximum atomic E-state index is 11.3. The van der Waals surface area contributed by atoms with Crippen LogP contribution in [0.3, 0.4) is 0 Å². The van der Waals surface area contributed by atoms with E-state index in [1.165, 1.54) is 11.8 Å². The molecule has 1 aromatic rings. The van der Waals surface area contributed by atoms with Crippen molar-refractivity contribution in [1.82, 2.24) is 10.2 Å². The number of allylic oxidation sites excluding steroid dienone is 1. The Kier molecular flexibility index (Phi) is 8.12. The predicted octanol–water partition coefficient (Wildman–Crippen LogP) is 3.19. The van der Waals surface area contributed by atoms with Crippen LogP contribution in [0.1, 0.15) is 57.1 Å². The second-order valence-electron chi connectivity index (χ2n) is 7.64. The Balaban J connectivity index is 1.85. The molecular formula is C23H28N4O2. The fraction of sp³-hybridized carbons (Fsp3) is 0.478. The molecule has 0 heterocycles. The van der Waals surface area contributed by atoms with Crippen molar-refractivity contribution in [3.63, 3.8) is 0 Å². The Morgan fingerprint density at radius 2 is 1.97 bits per heavy atom. The van der Waals surface area contributed by atoms with Crippen LogP contribution in [0.25, 0.3) is 0 Å². The van der Waals surface area contributed by atoms with E-state index in [-0.39, 0.29) is 5.78 Å². The molecule has 0 saturated heterocycles. The first-order chi connectivity index (χ1) is 14.0. The molecule has 6 nitrogen and oxygen atoms in total. The second-order valence-corrected chi connectivity index (χ2v) is 7.64.